The van der Waals surface area contributed by atoms with Gasteiger partial charge in [0.2, 0.25) is 0 Å². The molecule has 3 rings (SSSR count). The second-order valence-electron chi connectivity index (χ2n) is 6.02. The number of phosphoric ester groups is 1. The van der Waals surface area contributed by atoms with Gasteiger partial charge in [0.05, 0.1) is 0 Å². The smallest absolute Gasteiger partial charge is 0.316 e. The summed E-state index contributed by atoms with van der Waals surface area (Å²) in [7, 11) is -3.97. The Morgan fingerprint density at radius 2 is 0.821 bits per heavy atom. The van der Waals surface area contributed by atoms with Crippen LogP contribution in [0.2, 0.25) is 0 Å². The summed E-state index contributed by atoms with van der Waals surface area (Å²) >= 11 is 0. The van der Waals surface area contributed by atoms with E-state index in [9.17, 15) is 4.57 Å². The van der Waals surface area contributed by atoms with Crippen molar-refractivity contribution in [3.63, 3.8) is 0 Å². The van der Waals surface area contributed by atoms with Crippen molar-refractivity contribution in [2.24, 2.45) is 0 Å². The molecule has 0 aliphatic heterocycles. The van der Waals surface area contributed by atoms with Gasteiger partial charge in [-0.2, -0.15) is 4.57 Å². The number of benzene rings is 3. The molecule has 0 aliphatic rings. The molecule has 4 nitrogen and oxygen atoms in total. The minimum absolute atomic E-state index is 0. The van der Waals surface area contributed by atoms with Crippen LogP contribution in [0.25, 0.3) is 0 Å². The van der Waals surface area contributed by atoms with Gasteiger partial charge in [0.15, 0.2) is 0 Å². The average molecular weight is 437 g/mol. The summed E-state index contributed by atoms with van der Waals surface area (Å²) < 4.78 is 30.8. The maximum atomic E-state index is 13.5. The summed E-state index contributed by atoms with van der Waals surface area (Å²) in [6.45, 7) is 5.63. The van der Waals surface area contributed by atoms with Crippen LogP contribution in [0.15, 0.2) is 72.8 Å². The quantitative estimate of drug-likeness (QED) is 0.424. The Morgan fingerprint density at radius 3 is 1.07 bits per heavy atom. The van der Waals surface area contributed by atoms with Gasteiger partial charge in [-0.05, 0) is 55.7 Å². The van der Waals surface area contributed by atoms with Gasteiger partial charge in [0, 0.05) is 0 Å². The van der Waals surface area contributed by atoms with Crippen LogP contribution >= 0.6 is 7.82 Å². The minimum atomic E-state index is -3.97. The largest absolute Gasteiger partial charge is 0.316 e. The van der Waals surface area contributed by atoms with E-state index >= 15 is 0 Å². The molecule has 0 heterocycles. The molecule has 0 saturated carbocycles. The first-order valence-electron chi connectivity index (χ1n) is 8.32. The molecule has 142 valence electrons. The zero-order chi connectivity index (χ0) is 18.6. The van der Waals surface area contributed by atoms with E-state index in [4.69, 9.17) is 13.6 Å². The molecule has 0 atom stereocenters. The van der Waals surface area contributed by atoms with E-state index in [1.807, 2.05) is 75.4 Å². The van der Waals surface area contributed by atoms with E-state index in [0.717, 1.165) is 16.7 Å². The molecule has 3 aromatic rings. The maximum Gasteiger partial charge on any atom is 0.316 e. The van der Waals surface area contributed by atoms with Gasteiger partial charge in [-0.1, -0.05) is 54.6 Å². The molecule has 0 N–H and O–H groups in total. The van der Waals surface area contributed by atoms with Gasteiger partial charge in [-0.25, -0.2) is 0 Å². The first-order valence-corrected chi connectivity index (χ1v) is 9.79. The van der Waals surface area contributed by atoms with Crippen molar-refractivity contribution < 1.29 is 18.1 Å². The van der Waals surface area contributed by atoms with Gasteiger partial charge in [0.1, 0.15) is 17.2 Å². The van der Waals surface area contributed by atoms with Crippen molar-refractivity contribution in [1.29, 1.82) is 0 Å². The van der Waals surface area contributed by atoms with Crippen molar-refractivity contribution in [3.05, 3.63) is 89.5 Å². The molecule has 3 aromatic carbocycles. The van der Waals surface area contributed by atoms with Crippen molar-refractivity contribution in [3.8, 4) is 17.2 Å². The van der Waals surface area contributed by atoms with Gasteiger partial charge in [-0.3, -0.25) is 0 Å². The second kappa shape index (κ2) is 11.5. The van der Waals surface area contributed by atoms with Crippen LogP contribution in [0, 0.1) is 20.8 Å². The molecule has 28 heavy (non-hydrogen) atoms. The molecular weight excluding hydrogens is 412 g/mol. The third-order valence-electron chi connectivity index (χ3n) is 3.91. The maximum absolute atomic E-state index is 13.5. The fourth-order valence-electron chi connectivity index (χ4n) is 2.39. The van der Waals surface area contributed by atoms with E-state index in [-0.39, 0.29) is 60.8 Å². The first kappa shape index (κ1) is 25.4. The second-order valence-corrected chi connectivity index (χ2v) is 7.46. The predicted octanol–water partition coefficient (Wildman–Crippen LogP) is 4.42. The van der Waals surface area contributed by atoms with E-state index in [0.29, 0.717) is 17.2 Å². The summed E-state index contributed by atoms with van der Waals surface area (Å²) in [6, 6.07) is 22.0. The van der Waals surface area contributed by atoms with Crippen LogP contribution in [0.5, 0.6) is 17.2 Å². The number of aryl methyl sites for hydroxylation is 3. The molecule has 0 saturated heterocycles. The summed E-state index contributed by atoms with van der Waals surface area (Å²) in [5.41, 5.74) is 2.53. The normalized spacial score (nSPS) is 10.2. The molecule has 0 spiro atoms. The molecule has 0 bridgehead atoms. The van der Waals surface area contributed by atoms with Crippen LogP contribution in [-0.4, -0.2) is 60.8 Å². The minimum Gasteiger partial charge on any atom is 0.316 e. The Hall–Kier alpha value is -0.684. The van der Waals surface area contributed by atoms with Gasteiger partial charge >= 0.3 is 68.6 Å². The topological polar surface area (TPSA) is 44.8 Å². The molecule has 0 unspecified atom stereocenters. The standard InChI is InChI=1S/C21H21O4P.Ca.Mg.4H/c1-16-10-4-7-13-19(16)23-26(22,24-20-14-8-5-11-17(20)2)25-21-15-9-6-12-18(21)3;;;;;;/h4-15H,1-3H3;;;;;;. The zero-order valence-corrected chi connectivity index (χ0v) is 15.9. The molecule has 0 aromatic heterocycles. The summed E-state index contributed by atoms with van der Waals surface area (Å²) in [5.74, 6) is 1.37. The van der Waals surface area contributed by atoms with Gasteiger partial charge < -0.3 is 13.6 Å². The van der Waals surface area contributed by atoms with E-state index in [1.165, 1.54) is 0 Å². The van der Waals surface area contributed by atoms with Crippen molar-refractivity contribution in [2.75, 3.05) is 0 Å². The van der Waals surface area contributed by atoms with Crippen LogP contribution < -0.4 is 13.6 Å². The van der Waals surface area contributed by atoms with Crippen molar-refractivity contribution in [1.82, 2.24) is 0 Å². The number of para-hydroxylation sites is 3. The van der Waals surface area contributed by atoms with Crippen molar-refractivity contribution >= 4 is 68.6 Å². The molecule has 0 aliphatic carbocycles. The van der Waals surface area contributed by atoms with Crippen LogP contribution in [0.3, 0.4) is 0 Å². The zero-order valence-electron chi connectivity index (χ0n) is 15.0. The number of rotatable bonds is 6. The van der Waals surface area contributed by atoms with E-state index < -0.39 is 7.82 Å². The van der Waals surface area contributed by atoms with Crippen LogP contribution in [0.1, 0.15) is 16.7 Å². The average Bonchev–Trinajstić information content (AvgIpc) is 2.61. The predicted molar refractivity (Wildman–Crippen MR) is 120 cm³/mol. The summed E-state index contributed by atoms with van der Waals surface area (Å²) in [6.07, 6.45) is 0. The summed E-state index contributed by atoms with van der Waals surface area (Å²) in [4.78, 5) is 0. The summed E-state index contributed by atoms with van der Waals surface area (Å²) in [5, 5.41) is 0. The molecule has 7 heteroatoms. The fraction of sp³-hybridized carbons (Fsp3) is 0.143. The van der Waals surface area contributed by atoms with E-state index in [2.05, 4.69) is 0 Å². The van der Waals surface area contributed by atoms with Gasteiger partial charge in [0.25, 0.3) is 0 Å². The molecule has 0 radical (unpaired) electrons. The Morgan fingerprint density at radius 1 is 0.571 bits per heavy atom. The third kappa shape index (κ3) is 6.69. The Bertz CT molecular complexity index is 842. The molecular formula is C21H25CaMgO4P. The fourth-order valence-corrected chi connectivity index (χ4v) is 3.84. The number of hydrogen-bond donors (Lipinski definition) is 0. The Kier molecular flexibility index (Phi) is 10.4. The Balaban J connectivity index is 0.00000196. The van der Waals surface area contributed by atoms with E-state index in [1.54, 1.807) is 18.2 Å². The third-order valence-corrected chi connectivity index (χ3v) is 5.17. The Labute approximate surface area is 212 Å². The monoisotopic (exact) mass is 436 g/mol. The van der Waals surface area contributed by atoms with Crippen molar-refractivity contribution in [2.45, 2.75) is 20.8 Å². The number of hydrogen-bond acceptors (Lipinski definition) is 4. The first-order chi connectivity index (χ1) is 12.5. The SMILES string of the molecule is Cc1ccccc1OP(=O)(Oc1ccccc1C)Oc1ccccc1C.[CaH2].[MgH2]. The number of phosphoric acid groups is 1. The van der Waals surface area contributed by atoms with Crippen LogP contribution in [-0.2, 0) is 4.57 Å². The molecule has 0 fully saturated rings. The van der Waals surface area contributed by atoms with Gasteiger partial charge in [-0.15, -0.1) is 0 Å². The molecule has 0 amide bonds. The van der Waals surface area contributed by atoms with Crippen LogP contribution in [0.4, 0.5) is 0 Å².